The fourth-order valence-electron chi connectivity index (χ4n) is 5.77. The number of fused-ring (bicyclic) bond motifs is 3. The molecule has 0 N–H and O–H groups in total. The number of nitrogens with zero attached hydrogens (tertiary/aromatic N) is 1. The van der Waals surface area contributed by atoms with Crippen molar-refractivity contribution < 1.29 is 9.15 Å². The van der Waals surface area contributed by atoms with Crippen LogP contribution in [0.25, 0.3) is 11.0 Å². The van der Waals surface area contributed by atoms with Crippen molar-refractivity contribution in [1.82, 2.24) is 4.90 Å². The van der Waals surface area contributed by atoms with E-state index in [-0.39, 0.29) is 5.63 Å². The van der Waals surface area contributed by atoms with E-state index >= 15 is 0 Å². The van der Waals surface area contributed by atoms with E-state index in [1.807, 2.05) is 32.0 Å². The molecule has 1 aromatic heterocycles. The molecule has 1 unspecified atom stereocenters. The first-order valence-electron chi connectivity index (χ1n) is 12.2. The number of hydrogen-bond acceptors (Lipinski definition) is 4. The maximum atomic E-state index is 12.9. The third-order valence-corrected chi connectivity index (χ3v) is 7.58. The standard InChI is InChI=1S/C30H29NO3/c1-19-25-16-23-17-31(27-14-8-12-22-11-6-7-13-24(22)27)18-33-28(23)20(2)29(25)34-30(32)26(19)15-21-9-4-3-5-10-21/h3-7,9-11,13,16,27H,8,12,14-15,17-18H2,1-2H3. The van der Waals surface area contributed by atoms with Crippen molar-refractivity contribution in [2.45, 2.75) is 52.1 Å². The molecule has 4 aromatic rings. The van der Waals surface area contributed by atoms with Crippen LogP contribution in [-0.2, 0) is 19.4 Å². The Balaban J connectivity index is 1.40. The van der Waals surface area contributed by atoms with E-state index in [0.29, 0.717) is 24.8 Å². The van der Waals surface area contributed by atoms with Crippen molar-refractivity contribution >= 4 is 11.0 Å². The highest BCUT2D eigenvalue weighted by molar-refractivity contribution is 5.87. The summed E-state index contributed by atoms with van der Waals surface area (Å²) in [5.74, 6) is 0.867. The molecule has 0 saturated carbocycles. The lowest BCUT2D eigenvalue weighted by molar-refractivity contribution is 0.0475. The fraction of sp³-hybridized carbons (Fsp3) is 0.300. The third-order valence-electron chi connectivity index (χ3n) is 7.58. The average Bonchev–Trinajstić information content (AvgIpc) is 2.87. The van der Waals surface area contributed by atoms with Gasteiger partial charge in [0.2, 0.25) is 0 Å². The molecule has 4 heteroatoms. The summed E-state index contributed by atoms with van der Waals surface area (Å²) in [5, 5.41) is 1.01. The predicted molar refractivity (Wildman–Crippen MR) is 134 cm³/mol. The van der Waals surface area contributed by atoms with Crippen molar-refractivity contribution in [2.75, 3.05) is 6.73 Å². The van der Waals surface area contributed by atoms with Crippen LogP contribution in [0.5, 0.6) is 5.75 Å². The van der Waals surface area contributed by atoms with Gasteiger partial charge in [-0.25, -0.2) is 4.79 Å². The van der Waals surface area contributed by atoms with E-state index in [1.54, 1.807) is 0 Å². The molecular formula is C30H29NO3. The van der Waals surface area contributed by atoms with Crippen LogP contribution >= 0.6 is 0 Å². The minimum atomic E-state index is -0.256. The summed E-state index contributed by atoms with van der Waals surface area (Å²) >= 11 is 0. The van der Waals surface area contributed by atoms with Crippen molar-refractivity contribution in [3.8, 4) is 5.75 Å². The molecule has 1 aliphatic carbocycles. The highest BCUT2D eigenvalue weighted by atomic mass is 16.5. The predicted octanol–water partition coefficient (Wildman–Crippen LogP) is 6.23. The first-order chi connectivity index (χ1) is 16.6. The van der Waals surface area contributed by atoms with E-state index in [1.165, 1.54) is 23.1 Å². The van der Waals surface area contributed by atoms with Gasteiger partial charge < -0.3 is 9.15 Å². The molecule has 6 rings (SSSR count). The van der Waals surface area contributed by atoms with Crippen molar-refractivity contribution in [3.63, 3.8) is 0 Å². The Labute approximate surface area is 199 Å². The summed E-state index contributed by atoms with van der Waals surface area (Å²) in [6.07, 6.45) is 4.08. The minimum Gasteiger partial charge on any atom is -0.477 e. The van der Waals surface area contributed by atoms with E-state index in [4.69, 9.17) is 9.15 Å². The van der Waals surface area contributed by atoms with Crippen LogP contribution in [0.3, 0.4) is 0 Å². The minimum absolute atomic E-state index is 0.256. The van der Waals surface area contributed by atoms with Crippen molar-refractivity contribution in [3.05, 3.63) is 110 Å². The summed E-state index contributed by atoms with van der Waals surface area (Å²) in [6, 6.07) is 21.5. The van der Waals surface area contributed by atoms with Crippen LogP contribution in [0.2, 0.25) is 0 Å². The lowest BCUT2D eigenvalue weighted by atomic mass is 9.86. The number of hydrogen-bond donors (Lipinski definition) is 0. The molecule has 172 valence electrons. The van der Waals surface area contributed by atoms with E-state index < -0.39 is 0 Å². The smallest absolute Gasteiger partial charge is 0.340 e. The molecule has 0 bridgehead atoms. The zero-order valence-corrected chi connectivity index (χ0v) is 19.8. The van der Waals surface area contributed by atoms with Gasteiger partial charge in [0.15, 0.2) is 0 Å². The van der Waals surface area contributed by atoms with E-state index in [0.717, 1.165) is 52.8 Å². The van der Waals surface area contributed by atoms with Gasteiger partial charge in [0.1, 0.15) is 18.1 Å². The quantitative estimate of drug-likeness (QED) is 0.346. The van der Waals surface area contributed by atoms with Gasteiger partial charge in [-0.15, -0.1) is 0 Å². The van der Waals surface area contributed by atoms with Crippen molar-refractivity contribution in [1.29, 1.82) is 0 Å². The second kappa shape index (κ2) is 8.44. The maximum Gasteiger partial charge on any atom is 0.340 e. The molecule has 0 amide bonds. The molecule has 34 heavy (non-hydrogen) atoms. The van der Waals surface area contributed by atoms with Gasteiger partial charge >= 0.3 is 5.63 Å². The molecule has 0 saturated heterocycles. The largest absolute Gasteiger partial charge is 0.477 e. The molecule has 4 nitrogen and oxygen atoms in total. The topological polar surface area (TPSA) is 42.7 Å². The summed E-state index contributed by atoms with van der Waals surface area (Å²) in [4.78, 5) is 15.4. The van der Waals surface area contributed by atoms with E-state index in [2.05, 4.69) is 47.4 Å². The Kier molecular flexibility index (Phi) is 5.26. The molecule has 2 heterocycles. The summed E-state index contributed by atoms with van der Waals surface area (Å²) in [6.45, 7) is 5.43. The molecule has 0 radical (unpaired) electrons. The number of rotatable bonds is 3. The Morgan fingerprint density at radius 3 is 2.62 bits per heavy atom. The maximum absolute atomic E-state index is 12.9. The zero-order chi connectivity index (χ0) is 23.2. The molecule has 0 spiro atoms. The number of ether oxygens (including phenoxy) is 1. The van der Waals surface area contributed by atoms with Crippen LogP contribution in [-0.4, -0.2) is 11.6 Å². The molecule has 3 aromatic carbocycles. The van der Waals surface area contributed by atoms with Crippen molar-refractivity contribution in [2.24, 2.45) is 0 Å². The van der Waals surface area contributed by atoms with Gasteiger partial charge in [-0.1, -0.05) is 54.6 Å². The Morgan fingerprint density at radius 1 is 0.971 bits per heavy atom. The van der Waals surface area contributed by atoms with Gasteiger partial charge in [0.05, 0.1) is 0 Å². The van der Waals surface area contributed by atoms with Gasteiger partial charge in [-0.3, -0.25) is 4.90 Å². The molecule has 1 aliphatic heterocycles. The van der Waals surface area contributed by atoms with Crippen LogP contribution in [0.15, 0.2) is 69.9 Å². The highest BCUT2D eigenvalue weighted by Gasteiger charge is 2.31. The lowest BCUT2D eigenvalue weighted by Crippen LogP contribution is -2.37. The van der Waals surface area contributed by atoms with Crippen LogP contribution in [0.4, 0.5) is 0 Å². The first kappa shape index (κ1) is 21.2. The second-order valence-electron chi connectivity index (χ2n) is 9.65. The fourth-order valence-corrected chi connectivity index (χ4v) is 5.77. The Hall–Kier alpha value is -3.37. The molecule has 2 aliphatic rings. The molecule has 0 fully saturated rings. The van der Waals surface area contributed by atoms with Gasteiger partial charge in [-0.05, 0) is 61.4 Å². The zero-order valence-electron chi connectivity index (χ0n) is 19.8. The summed E-state index contributed by atoms with van der Waals surface area (Å²) in [7, 11) is 0. The second-order valence-corrected chi connectivity index (χ2v) is 9.65. The summed E-state index contributed by atoms with van der Waals surface area (Å²) in [5.41, 5.74) is 8.21. The SMILES string of the molecule is Cc1c(Cc2ccccc2)c(=O)oc2c(C)c3c(cc12)CN(C1CCCc2ccccc21)CO3. The first-order valence-corrected chi connectivity index (χ1v) is 12.2. The molecular weight excluding hydrogens is 422 g/mol. The Morgan fingerprint density at radius 2 is 1.76 bits per heavy atom. The lowest BCUT2D eigenvalue weighted by Gasteiger charge is -2.39. The van der Waals surface area contributed by atoms with Crippen LogP contribution < -0.4 is 10.4 Å². The highest BCUT2D eigenvalue weighted by Crippen LogP contribution is 2.41. The normalized spacial score (nSPS) is 17.8. The third kappa shape index (κ3) is 3.54. The average molecular weight is 452 g/mol. The van der Waals surface area contributed by atoms with E-state index in [9.17, 15) is 4.79 Å². The van der Waals surface area contributed by atoms with Gasteiger partial charge in [0, 0.05) is 41.1 Å². The van der Waals surface area contributed by atoms with Gasteiger partial charge in [-0.2, -0.15) is 0 Å². The van der Waals surface area contributed by atoms with Gasteiger partial charge in [0.25, 0.3) is 0 Å². The monoisotopic (exact) mass is 451 g/mol. The number of benzene rings is 3. The summed E-state index contributed by atoms with van der Waals surface area (Å²) < 4.78 is 12.2. The Bertz CT molecular complexity index is 1440. The number of aryl methyl sites for hydroxylation is 3. The van der Waals surface area contributed by atoms with Crippen LogP contribution in [0.1, 0.15) is 57.8 Å². The molecule has 1 atom stereocenters. The van der Waals surface area contributed by atoms with Crippen LogP contribution in [0, 0.1) is 13.8 Å².